The topological polar surface area (TPSA) is 53.7 Å². The summed E-state index contributed by atoms with van der Waals surface area (Å²) in [5.74, 6) is -0.793. The summed E-state index contributed by atoms with van der Waals surface area (Å²) in [6, 6.07) is 7.75. The molecule has 2 amide bonds. The van der Waals surface area contributed by atoms with Crippen LogP contribution in [-0.4, -0.2) is 44.5 Å². The molecule has 2 aliphatic heterocycles. The molecule has 6 nitrogen and oxygen atoms in total. The third kappa shape index (κ3) is 2.88. The maximum Gasteiger partial charge on any atom is 0.330 e. The number of aromatic nitrogens is 2. The Labute approximate surface area is 165 Å². The molecule has 2 aromatic carbocycles. The quantitative estimate of drug-likeness (QED) is 0.682. The van der Waals surface area contributed by atoms with Crippen molar-refractivity contribution in [1.82, 2.24) is 19.6 Å². The Bertz CT molecular complexity index is 1190. The normalized spacial score (nSPS) is 16.0. The van der Waals surface area contributed by atoms with Crippen LogP contribution in [0.15, 0.2) is 53.8 Å². The van der Waals surface area contributed by atoms with Crippen LogP contribution in [0.3, 0.4) is 0 Å². The van der Waals surface area contributed by atoms with Crippen molar-refractivity contribution >= 4 is 22.8 Å². The number of urea groups is 1. The van der Waals surface area contributed by atoms with E-state index in [1.165, 1.54) is 28.1 Å². The minimum atomic E-state index is -0.692. The van der Waals surface area contributed by atoms with Gasteiger partial charge < -0.3 is 0 Å². The first-order valence-electron chi connectivity index (χ1n) is 9.23. The molecule has 0 bridgehead atoms. The maximum absolute atomic E-state index is 14.9. The van der Waals surface area contributed by atoms with Crippen LogP contribution >= 0.6 is 0 Å². The second-order valence-corrected chi connectivity index (χ2v) is 7.08. The molecule has 0 unspecified atom stereocenters. The summed E-state index contributed by atoms with van der Waals surface area (Å²) in [6.07, 6.45) is 5.02. The molecule has 0 saturated carbocycles. The molecule has 0 radical (unpaired) electrons. The van der Waals surface area contributed by atoms with Crippen LogP contribution in [0, 0.1) is 11.6 Å². The average molecular weight is 393 g/mol. The van der Waals surface area contributed by atoms with E-state index in [-0.39, 0.29) is 18.1 Å². The number of carbonyl (C=O) groups excluding carboxylic acids is 1. The highest BCUT2D eigenvalue weighted by Crippen LogP contribution is 2.31. The Morgan fingerprint density at radius 1 is 1.17 bits per heavy atom. The van der Waals surface area contributed by atoms with Crippen molar-refractivity contribution in [2.24, 2.45) is 12.0 Å². The molecule has 146 valence electrons. The van der Waals surface area contributed by atoms with Gasteiger partial charge in [-0.05, 0) is 35.4 Å². The molecule has 5 rings (SSSR count). The minimum absolute atomic E-state index is 0.148. The van der Waals surface area contributed by atoms with E-state index in [4.69, 9.17) is 0 Å². The molecule has 2 aliphatic rings. The number of rotatable bonds is 3. The summed E-state index contributed by atoms with van der Waals surface area (Å²) >= 11 is 0. The molecule has 29 heavy (non-hydrogen) atoms. The molecule has 0 N–H and O–H groups in total. The summed E-state index contributed by atoms with van der Waals surface area (Å²) in [5.41, 5.74) is 1.73. The number of halogens is 2. The van der Waals surface area contributed by atoms with Crippen LogP contribution in [0.2, 0.25) is 0 Å². The summed E-state index contributed by atoms with van der Waals surface area (Å²) in [5, 5.41) is 5.15. The number of aliphatic imine (C=N–C) groups is 1. The van der Waals surface area contributed by atoms with Crippen molar-refractivity contribution in [1.29, 1.82) is 0 Å². The third-order valence-corrected chi connectivity index (χ3v) is 5.20. The Morgan fingerprint density at radius 3 is 2.76 bits per heavy atom. The number of fused-ring (bicyclic) bond motifs is 2. The van der Waals surface area contributed by atoms with E-state index in [0.717, 1.165) is 10.9 Å². The summed E-state index contributed by atoms with van der Waals surface area (Å²) in [7, 11) is 1.80. The van der Waals surface area contributed by atoms with Gasteiger partial charge in [0.2, 0.25) is 0 Å². The summed E-state index contributed by atoms with van der Waals surface area (Å²) in [6.45, 7) is 0.832. The van der Waals surface area contributed by atoms with Gasteiger partial charge in [0.15, 0.2) is 0 Å². The van der Waals surface area contributed by atoms with Crippen molar-refractivity contribution < 1.29 is 13.6 Å². The molecule has 0 atom stereocenters. The van der Waals surface area contributed by atoms with E-state index in [1.54, 1.807) is 23.9 Å². The fourth-order valence-electron chi connectivity index (χ4n) is 3.79. The van der Waals surface area contributed by atoms with Gasteiger partial charge in [-0.3, -0.25) is 19.5 Å². The van der Waals surface area contributed by atoms with Crippen LogP contribution in [0.1, 0.15) is 5.56 Å². The van der Waals surface area contributed by atoms with Crippen molar-refractivity contribution in [3.63, 3.8) is 0 Å². The lowest BCUT2D eigenvalue weighted by Gasteiger charge is -2.29. The molecule has 0 fully saturated rings. The van der Waals surface area contributed by atoms with Gasteiger partial charge >= 0.3 is 6.03 Å². The smallest absolute Gasteiger partial charge is 0.296 e. The fraction of sp³-hybridized carbons (Fsp3) is 0.190. The number of amides is 2. The lowest BCUT2D eigenvalue weighted by molar-refractivity contribution is 0.190. The van der Waals surface area contributed by atoms with E-state index in [2.05, 4.69) is 10.1 Å². The average Bonchev–Trinajstić information content (AvgIpc) is 3.31. The van der Waals surface area contributed by atoms with Gasteiger partial charge in [-0.25, -0.2) is 13.6 Å². The SMILES string of the molecule is Cn1cc2c(-c3cc(F)c(CN4C=CC5=NCCN5C4=O)c(F)c3)cccc2n1. The summed E-state index contributed by atoms with van der Waals surface area (Å²) < 4.78 is 31.4. The summed E-state index contributed by atoms with van der Waals surface area (Å²) in [4.78, 5) is 19.6. The van der Waals surface area contributed by atoms with Crippen LogP contribution < -0.4 is 0 Å². The molecule has 1 aromatic heterocycles. The first-order valence-corrected chi connectivity index (χ1v) is 9.23. The monoisotopic (exact) mass is 393 g/mol. The van der Waals surface area contributed by atoms with Gasteiger partial charge in [-0.1, -0.05) is 12.1 Å². The Hall–Kier alpha value is -3.55. The van der Waals surface area contributed by atoms with Gasteiger partial charge in [0.25, 0.3) is 0 Å². The number of amidine groups is 1. The minimum Gasteiger partial charge on any atom is -0.296 e. The zero-order chi connectivity index (χ0) is 20.1. The number of aryl methyl sites for hydroxylation is 1. The zero-order valence-corrected chi connectivity index (χ0v) is 15.6. The van der Waals surface area contributed by atoms with E-state index in [0.29, 0.717) is 30.1 Å². The number of hydrogen-bond acceptors (Lipinski definition) is 3. The van der Waals surface area contributed by atoms with Gasteiger partial charge in [0, 0.05) is 36.9 Å². The molecule has 0 aliphatic carbocycles. The largest absolute Gasteiger partial charge is 0.330 e. The standard InChI is InChI=1S/C21H17F2N5O/c1-26-11-15-14(3-2-4-19(15)25-26)13-9-17(22)16(18(23)10-13)12-27-7-5-20-24-6-8-28(20)21(27)29/h2-5,7,9-11H,6,8,12H2,1H3. The molecule has 3 aromatic rings. The number of nitrogens with zero attached hydrogens (tertiary/aromatic N) is 5. The fourth-order valence-corrected chi connectivity index (χ4v) is 3.79. The number of benzene rings is 2. The maximum atomic E-state index is 14.9. The molecule has 8 heteroatoms. The first-order chi connectivity index (χ1) is 14.0. The number of carbonyl (C=O) groups is 1. The zero-order valence-electron chi connectivity index (χ0n) is 15.6. The highest BCUT2D eigenvalue weighted by atomic mass is 19.1. The molecule has 3 heterocycles. The predicted octanol–water partition coefficient (Wildman–Crippen LogP) is 3.68. The van der Waals surface area contributed by atoms with Crippen molar-refractivity contribution in [2.45, 2.75) is 6.54 Å². The third-order valence-electron chi connectivity index (χ3n) is 5.20. The van der Waals surface area contributed by atoms with E-state index in [1.807, 2.05) is 18.3 Å². The van der Waals surface area contributed by atoms with Crippen molar-refractivity contribution in [3.05, 3.63) is 66.0 Å². The van der Waals surface area contributed by atoms with Gasteiger partial charge in [0.1, 0.15) is 17.5 Å². The molecule has 0 saturated heterocycles. The second-order valence-electron chi connectivity index (χ2n) is 7.08. The van der Waals surface area contributed by atoms with Crippen LogP contribution in [-0.2, 0) is 13.6 Å². The van der Waals surface area contributed by atoms with E-state index in [9.17, 15) is 13.6 Å². The van der Waals surface area contributed by atoms with E-state index < -0.39 is 11.6 Å². The Morgan fingerprint density at radius 2 is 1.97 bits per heavy atom. The lowest BCUT2D eigenvalue weighted by atomic mass is 9.99. The predicted molar refractivity (Wildman–Crippen MR) is 105 cm³/mol. The van der Waals surface area contributed by atoms with Gasteiger partial charge in [0.05, 0.1) is 18.6 Å². The second kappa shape index (κ2) is 6.51. The molecular weight excluding hydrogens is 376 g/mol. The highest BCUT2D eigenvalue weighted by Gasteiger charge is 2.30. The van der Waals surface area contributed by atoms with Crippen molar-refractivity contribution in [2.75, 3.05) is 13.1 Å². The van der Waals surface area contributed by atoms with Crippen LogP contribution in [0.5, 0.6) is 0 Å². The van der Waals surface area contributed by atoms with Crippen LogP contribution in [0.25, 0.3) is 22.0 Å². The Balaban J connectivity index is 1.50. The number of hydrogen-bond donors (Lipinski definition) is 0. The van der Waals surface area contributed by atoms with Gasteiger partial charge in [-0.15, -0.1) is 0 Å². The van der Waals surface area contributed by atoms with Gasteiger partial charge in [-0.2, -0.15) is 5.10 Å². The van der Waals surface area contributed by atoms with Crippen LogP contribution in [0.4, 0.5) is 13.6 Å². The lowest BCUT2D eigenvalue weighted by Crippen LogP contribution is -2.45. The van der Waals surface area contributed by atoms with Crippen molar-refractivity contribution in [3.8, 4) is 11.1 Å². The first kappa shape index (κ1) is 17.5. The molecular formula is C21H17F2N5O. The van der Waals surface area contributed by atoms with E-state index >= 15 is 0 Å². The Kier molecular flexibility index (Phi) is 3.94. The highest BCUT2D eigenvalue weighted by molar-refractivity contribution is 6.07. The molecule has 0 spiro atoms.